The maximum atomic E-state index is 11.6. The Labute approximate surface area is 108 Å². The van der Waals surface area contributed by atoms with Crippen LogP contribution in [0.2, 0.25) is 0 Å². The van der Waals surface area contributed by atoms with Crippen molar-refractivity contribution in [2.75, 3.05) is 25.1 Å². The monoisotopic (exact) mass is 251 g/mol. The van der Waals surface area contributed by atoms with Crippen molar-refractivity contribution in [3.8, 4) is 0 Å². The molecule has 0 aliphatic carbocycles. The standard InChI is InChI=1S/C14H21NO3/c1-4-17-10-11(3)15-13-8-6-7-12(9-13)14(16)18-5-2/h6-9,11,15H,4-5,10H2,1-3H3. The number of carbonyl (C=O) groups is 1. The lowest BCUT2D eigenvalue weighted by atomic mass is 10.2. The molecule has 0 aliphatic heterocycles. The number of anilines is 1. The lowest BCUT2D eigenvalue weighted by Gasteiger charge is -2.15. The largest absolute Gasteiger partial charge is 0.462 e. The van der Waals surface area contributed by atoms with Crippen molar-refractivity contribution >= 4 is 11.7 Å². The number of esters is 1. The summed E-state index contributed by atoms with van der Waals surface area (Å²) in [6.45, 7) is 7.53. The first-order valence-electron chi connectivity index (χ1n) is 6.28. The third-order valence-corrected chi connectivity index (χ3v) is 2.36. The summed E-state index contributed by atoms with van der Waals surface area (Å²) in [5.41, 5.74) is 1.46. The van der Waals surface area contributed by atoms with Gasteiger partial charge >= 0.3 is 5.97 Å². The third-order valence-electron chi connectivity index (χ3n) is 2.36. The smallest absolute Gasteiger partial charge is 0.338 e. The number of benzene rings is 1. The lowest BCUT2D eigenvalue weighted by Crippen LogP contribution is -2.21. The molecule has 1 N–H and O–H groups in total. The van der Waals surface area contributed by atoms with E-state index < -0.39 is 0 Å². The van der Waals surface area contributed by atoms with Gasteiger partial charge in [-0.15, -0.1) is 0 Å². The van der Waals surface area contributed by atoms with E-state index in [2.05, 4.69) is 5.32 Å². The van der Waals surface area contributed by atoms with Gasteiger partial charge in [-0.25, -0.2) is 4.79 Å². The third kappa shape index (κ3) is 4.75. The minimum absolute atomic E-state index is 0.197. The van der Waals surface area contributed by atoms with Gasteiger partial charge in [0.25, 0.3) is 0 Å². The maximum Gasteiger partial charge on any atom is 0.338 e. The Morgan fingerprint density at radius 1 is 1.33 bits per heavy atom. The van der Waals surface area contributed by atoms with E-state index in [0.717, 1.165) is 5.69 Å². The molecule has 100 valence electrons. The normalized spacial score (nSPS) is 11.9. The molecule has 1 atom stereocenters. The molecule has 0 radical (unpaired) electrons. The van der Waals surface area contributed by atoms with Gasteiger partial charge in [0.1, 0.15) is 0 Å². The topological polar surface area (TPSA) is 47.6 Å². The van der Waals surface area contributed by atoms with Crippen LogP contribution in [0.4, 0.5) is 5.69 Å². The Hall–Kier alpha value is -1.55. The van der Waals surface area contributed by atoms with Crippen LogP contribution in [-0.4, -0.2) is 31.8 Å². The summed E-state index contributed by atoms with van der Waals surface area (Å²) in [7, 11) is 0. The van der Waals surface area contributed by atoms with E-state index >= 15 is 0 Å². The molecule has 18 heavy (non-hydrogen) atoms. The van der Waals surface area contributed by atoms with Gasteiger partial charge in [0.2, 0.25) is 0 Å². The molecule has 1 unspecified atom stereocenters. The van der Waals surface area contributed by atoms with Gasteiger partial charge in [-0.1, -0.05) is 6.07 Å². The quantitative estimate of drug-likeness (QED) is 0.757. The first-order chi connectivity index (χ1) is 8.67. The van der Waals surface area contributed by atoms with E-state index in [-0.39, 0.29) is 12.0 Å². The molecule has 0 aromatic heterocycles. The Morgan fingerprint density at radius 2 is 2.11 bits per heavy atom. The molecule has 0 bridgehead atoms. The Morgan fingerprint density at radius 3 is 2.78 bits per heavy atom. The van der Waals surface area contributed by atoms with E-state index in [1.54, 1.807) is 19.1 Å². The summed E-state index contributed by atoms with van der Waals surface area (Å²) < 4.78 is 10.3. The molecule has 1 aromatic carbocycles. The van der Waals surface area contributed by atoms with Crippen LogP contribution < -0.4 is 5.32 Å². The van der Waals surface area contributed by atoms with Crippen LogP contribution >= 0.6 is 0 Å². The Balaban J connectivity index is 2.61. The van der Waals surface area contributed by atoms with Gasteiger partial charge in [0.05, 0.1) is 18.8 Å². The highest BCUT2D eigenvalue weighted by Crippen LogP contribution is 2.13. The van der Waals surface area contributed by atoms with Crippen LogP contribution in [-0.2, 0) is 9.47 Å². The number of ether oxygens (including phenoxy) is 2. The highest BCUT2D eigenvalue weighted by atomic mass is 16.5. The zero-order valence-corrected chi connectivity index (χ0v) is 11.2. The molecule has 4 nitrogen and oxygen atoms in total. The van der Waals surface area contributed by atoms with Gasteiger partial charge in [-0.2, -0.15) is 0 Å². The van der Waals surface area contributed by atoms with Crippen molar-refractivity contribution in [2.24, 2.45) is 0 Å². The average molecular weight is 251 g/mol. The second-order valence-electron chi connectivity index (χ2n) is 4.01. The van der Waals surface area contributed by atoms with Crippen molar-refractivity contribution in [3.05, 3.63) is 29.8 Å². The molecular formula is C14H21NO3. The molecular weight excluding hydrogens is 230 g/mol. The van der Waals surface area contributed by atoms with Crippen LogP contribution in [0.5, 0.6) is 0 Å². The lowest BCUT2D eigenvalue weighted by molar-refractivity contribution is 0.0526. The first-order valence-corrected chi connectivity index (χ1v) is 6.28. The van der Waals surface area contributed by atoms with Crippen LogP contribution in [0.3, 0.4) is 0 Å². The summed E-state index contributed by atoms with van der Waals surface area (Å²) in [5.74, 6) is -0.293. The van der Waals surface area contributed by atoms with E-state index in [1.807, 2.05) is 26.0 Å². The van der Waals surface area contributed by atoms with Crippen molar-refractivity contribution in [1.29, 1.82) is 0 Å². The average Bonchev–Trinajstić information content (AvgIpc) is 2.37. The molecule has 0 fully saturated rings. The highest BCUT2D eigenvalue weighted by Gasteiger charge is 2.08. The molecule has 0 saturated heterocycles. The second-order valence-corrected chi connectivity index (χ2v) is 4.01. The molecule has 0 spiro atoms. The second kappa shape index (κ2) is 7.71. The van der Waals surface area contributed by atoms with Crippen LogP contribution in [0, 0.1) is 0 Å². The fourth-order valence-electron chi connectivity index (χ4n) is 1.57. The molecule has 0 aliphatic rings. The molecule has 1 aromatic rings. The van der Waals surface area contributed by atoms with Crippen LogP contribution in [0.15, 0.2) is 24.3 Å². The first kappa shape index (κ1) is 14.5. The van der Waals surface area contributed by atoms with Gasteiger partial charge < -0.3 is 14.8 Å². The van der Waals surface area contributed by atoms with Crippen LogP contribution in [0.1, 0.15) is 31.1 Å². The maximum absolute atomic E-state index is 11.6. The SMILES string of the molecule is CCOCC(C)Nc1cccc(C(=O)OCC)c1. The van der Waals surface area contributed by atoms with Crippen molar-refractivity contribution in [1.82, 2.24) is 0 Å². The van der Waals surface area contributed by atoms with E-state index in [9.17, 15) is 4.79 Å². The fraction of sp³-hybridized carbons (Fsp3) is 0.500. The summed E-state index contributed by atoms with van der Waals surface area (Å²) >= 11 is 0. The van der Waals surface area contributed by atoms with E-state index in [1.165, 1.54) is 0 Å². The van der Waals surface area contributed by atoms with E-state index in [4.69, 9.17) is 9.47 Å². The number of hydrogen-bond acceptors (Lipinski definition) is 4. The predicted molar refractivity (Wildman–Crippen MR) is 72.0 cm³/mol. The zero-order valence-electron chi connectivity index (χ0n) is 11.2. The zero-order chi connectivity index (χ0) is 13.4. The predicted octanol–water partition coefficient (Wildman–Crippen LogP) is 2.70. The van der Waals surface area contributed by atoms with Gasteiger partial charge in [0, 0.05) is 18.3 Å². The number of hydrogen-bond donors (Lipinski definition) is 1. The Kier molecular flexibility index (Phi) is 6.22. The number of nitrogens with one attached hydrogen (secondary N) is 1. The van der Waals surface area contributed by atoms with Gasteiger partial charge in [-0.3, -0.25) is 0 Å². The van der Waals surface area contributed by atoms with Crippen molar-refractivity contribution < 1.29 is 14.3 Å². The summed E-state index contributed by atoms with van der Waals surface area (Å²) in [4.78, 5) is 11.6. The number of rotatable bonds is 7. The Bertz CT molecular complexity index is 379. The summed E-state index contributed by atoms with van der Waals surface area (Å²) in [6, 6.07) is 7.49. The summed E-state index contributed by atoms with van der Waals surface area (Å²) in [5, 5.41) is 3.28. The number of carbonyl (C=O) groups excluding carboxylic acids is 1. The van der Waals surface area contributed by atoms with Crippen molar-refractivity contribution in [2.45, 2.75) is 26.8 Å². The van der Waals surface area contributed by atoms with Gasteiger partial charge in [-0.05, 0) is 39.0 Å². The molecule has 0 amide bonds. The molecule has 1 rings (SSSR count). The minimum Gasteiger partial charge on any atom is -0.462 e. The van der Waals surface area contributed by atoms with E-state index in [0.29, 0.717) is 25.4 Å². The van der Waals surface area contributed by atoms with Gasteiger partial charge in [0.15, 0.2) is 0 Å². The highest BCUT2D eigenvalue weighted by molar-refractivity contribution is 5.90. The fourth-order valence-corrected chi connectivity index (χ4v) is 1.57. The van der Waals surface area contributed by atoms with Crippen LogP contribution in [0.25, 0.3) is 0 Å². The minimum atomic E-state index is -0.293. The molecule has 0 saturated carbocycles. The molecule has 4 heteroatoms. The summed E-state index contributed by atoms with van der Waals surface area (Å²) in [6.07, 6.45) is 0. The van der Waals surface area contributed by atoms with Crippen molar-refractivity contribution in [3.63, 3.8) is 0 Å². The molecule has 0 heterocycles.